The van der Waals surface area contributed by atoms with Gasteiger partial charge in [0, 0.05) is 17.2 Å². The number of ether oxygens (including phenoxy) is 2. The zero-order chi connectivity index (χ0) is 20.5. The molecular formula is C21H25IN2O4. The van der Waals surface area contributed by atoms with Crippen LogP contribution in [0.15, 0.2) is 48.5 Å². The number of hydrogen-bond acceptors (Lipinski definition) is 4. The molecule has 0 aromatic heterocycles. The predicted molar refractivity (Wildman–Crippen MR) is 116 cm³/mol. The van der Waals surface area contributed by atoms with E-state index >= 15 is 0 Å². The molecule has 0 radical (unpaired) electrons. The van der Waals surface area contributed by atoms with E-state index in [-0.39, 0.29) is 25.0 Å². The maximum absolute atomic E-state index is 13.0. The Bertz CT molecular complexity index is 795. The molecule has 0 aliphatic carbocycles. The minimum atomic E-state index is -0.580. The van der Waals surface area contributed by atoms with Crippen LogP contribution < -0.4 is 14.8 Å². The third-order valence-corrected chi connectivity index (χ3v) is 5.01. The Morgan fingerprint density at radius 2 is 1.86 bits per heavy atom. The lowest BCUT2D eigenvalue weighted by molar-refractivity contribution is -0.142. The van der Waals surface area contributed by atoms with Gasteiger partial charge in [-0.15, -0.1) is 0 Å². The van der Waals surface area contributed by atoms with Gasteiger partial charge in [-0.05, 0) is 71.0 Å². The molecule has 2 aromatic carbocycles. The Hall–Kier alpha value is -2.29. The van der Waals surface area contributed by atoms with Gasteiger partial charge in [-0.2, -0.15) is 0 Å². The molecule has 0 bridgehead atoms. The summed E-state index contributed by atoms with van der Waals surface area (Å²) in [5, 5.41) is 2.64. The van der Waals surface area contributed by atoms with Crippen LogP contribution in [0.1, 0.15) is 18.9 Å². The second-order valence-corrected chi connectivity index (χ2v) is 7.40. The fourth-order valence-corrected chi connectivity index (χ4v) is 3.17. The van der Waals surface area contributed by atoms with Gasteiger partial charge in [0.25, 0.3) is 5.91 Å². The Labute approximate surface area is 179 Å². The van der Waals surface area contributed by atoms with Gasteiger partial charge >= 0.3 is 0 Å². The number of benzene rings is 2. The van der Waals surface area contributed by atoms with Crippen LogP contribution in [-0.4, -0.2) is 43.5 Å². The summed E-state index contributed by atoms with van der Waals surface area (Å²) in [6, 6.07) is 14.3. The molecule has 0 aliphatic rings. The van der Waals surface area contributed by atoms with Crippen LogP contribution in [0.4, 0.5) is 0 Å². The summed E-state index contributed by atoms with van der Waals surface area (Å²) in [7, 11) is 3.16. The molecule has 0 heterocycles. The van der Waals surface area contributed by atoms with Crippen LogP contribution in [0.2, 0.25) is 0 Å². The van der Waals surface area contributed by atoms with Crippen LogP contribution in [0.3, 0.4) is 0 Å². The van der Waals surface area contributed by atoms with Crippen molar-refractivity contribution in [2.45, 2.75) is 25.9 Å². The number of methoxy groups -OCH3 is 1. The molecule has 0 spiro atoms. The van der Waals surface area contributed by atoms with E-state index in [1.54, 1.807) is 19.1 Å². The average molecular weight is 496 g/mol. The van der Waals surface area contributed by atoms with Crippen molar-refractivity contribution in [1.29, 1.82) is 0 Å². The molecule has 0 unspecified atom stereocenters. The Balaban J connectivity index is 2.19. The van der Waals surface area contributed by atoms with Gasteiger partial charge in [-0.3, -0.25) is 9.59 Å². The minimum absolute atomic E-state index is 0.141. The van der Waals surface area contributed by atoms with E-state index in [1.165, 1.54) is 0 Å². The van der Waals surface area contributed by atoms with Crippen LogP contribution in [0.5, 0.6) is 11.5 Å². The van der Waals surface area contributed by atoms with Crippen LogP contribution in [-0.2, 0) is 16.1 Å². The average Bonchev–Trinajstić information content (AvgIpc) is 2.72. The third-order valence-electron chi connectivity index (χ3n) is 4.30. The monoisotopic (exact) mass is 496 g/mol. The predicted octanol–water partition coefficient (Wildman–Crippen LogP) is 3.23. The number of carbonyl (C=O) groups excluding carboxylic acids is 2. The molecule has 28 heavy (non-hydrogen) atoms. The first-order valence-electron chi connectivity index (χ1n) is 9.00. The highest BCUT2D eigenvalue weighted by Gasteiger charge is 2.28. The molecule has 0 saturated carbocycles. The Kier molecular flexibility index (Phi) is 8.56. The van der Waals surface area contributed by atoms with Gasteiger partial charge in [-0.1, -0.05) is 19.1 Å². The van der Waals surface area contributed by atoms with Crippen molar-refractivity contribution >= 4 is 34.4 Å². The van der Waals surface area contributed by atoms with Gasteiger partial charge in [0.1, 0.15) is 17.5 Å². The summed E-state index contributed by atoms with van der Waals surface area (Å²) >= 11 is 2.21. The molecule has 150 valence electrons. The summed E-state index contributed by atoms with van der Waals surface area (Å²) in [6.45, 7) is 2.03. The quantitative estimate of drug-likeness (QED) is 0.542. The van der Waals surface area contributed by atoms with Crippen molar-refractivity contribution in [2.75, 3.05) is 20.8 Å². The summed E-state index contributed by atoms with van der Waals surface area (Å²) < 4.78 is 12.0. The van der Waals surface area contributed by atoms with E-state index in [9.17, 15) is 9.59 Å². The SMILES string of the molecule is CC[C@H](C(=O)NC)N(Cc1cccc(OC)c1)C(=O)COc1ccc(I)cc1. The molecule has 2 rings (SSSR count). The summed E-state index contributed by atoms with van der Waals surface area (Å²) in [5.74, 6) is 0.862. The number of nitrogens with zero attached hydrogens (tertiary/aromatic N) is 1. The molecule has 7 heteroatoms. The molecule has 0 saturated heterocycles. The van der Waals surface area contributed by atoms with Crippen LogP contribution in [0.25, 0.3) is 0 Å². The van der Waals surface area contributed by atoms with Crippen molar-refractivity contribution in [3.05, 3.63) is 57.7 Å². The van der Waals surface area contributed by atoms with Gasteiger partial charge < -0.3 is 19.7 Å². The van der Waals surface area contributed by atoms with Gasteiger partial charge in [-0.25, -0.2) is 0 Å². The zero-order valence-corrected chi connectivity index (χ0v) is 18.4. The van der Waals surface area contributed by atoms with Crippen molar-refractivity contribution in [3.8, 4) is 11.5 Å². The highest BCUT2D eigenvalue weighted by atomic mass is 127. The molecular weight excluding hydrogens is 471 g/mol. The van der Waals surface area contributed by atoms with Crippen molar-refractivity contribution in [2.24, 2.45) is 0 Å². The second kappa shape index (κ2) is 10.9. The summed E-state index contributed by atoms with van der Waals surface area (Å²) in [6.07, 6.45) is 0.499. The number of halogens is 1. The zero-order valence-electron chi connectivity index (χ0n) is 16.3. The Morgan fingerprint density at radius 1 is 1.14 bits per heavy atom. The molecule has 6 nitrogen and oxygen atoms in total. The van der Waals surface area contributed by atoms with E-state index in [4.69, 9.17) is 9.47 Å². The molecule has 0 fully saturated rings. The number of rotatable bonds is 9. The first-order chi connectivity index (χ1) is 13.5. The normalized spacial score (nSPS) is 11.4. The van der Waals surface area contributed by atoms with E-state index in [0.717, 1.165) is 9.13 Å². The number of nitrogens with one attached hydrogen (secondary N) is 1. The largest absolute Gasteiger partial charge is 0.497 e. The fourth-order valence-electron chi connectivity index (χ4n) is 2.81. The topological polar surface area (TPSA) is 67.9 Å². The second-order valence-electron chi connectivity index (χ2n) is 6.15. The van der Waals surface area contributed by atoms with E-state index in [1.807, 2.05) is 55.5 Å². The first-order valence-corrected chi connectivity index (χ1v) is 10.1. The lowest BCUT2D eigenvalue weighted by Gasteiger charge is -2.30. The van der Waals surface area contributed by atoms with Crippen molar-refractivity contribution in [3.63, 3.8) is 0 Å². The molecule has 1 atom stereocenters. The van der Waals surface area contributed by atoms with Gasteiger partial charge in [0.2, 0.25) is 5.91 Å². The lowest BCUT2D eigenvalue weighted by Crippen LogP contribution is -2.49. The fraction of sp³-hybridized carbons (Fsp3) is 0.333. The third kappa shape index (κ3) is 6.12. The molecule has 2 amide bonds. The van der Waals surface area contributed by atoms with Gasteiger partial charge in [0.05, 0.1) is 7.11 Å². The van der Waals surface area contributed by atoms with E-state index in [2.05, 4.69) is 27.9 Å². The van der Waals surface area contributed by atoms with Gasteiger partial charge in [0.15, 0.2) is 6.61 Å². The lowest BCUT2D eigenvalue weighted by atomic mass is 10.1. The van der Waals surface area contributed by atoms with Crippen LogP contribution >= 0.6 is 22.6 Å². The summed E-state index contributed by atoms with van der Waals surface area (Å²) in [4.78, 5) is 26.8. The maximum Gasteiger partial charge on any atom is 0.261 e. The van der Waals surface area contributed by atoms with Crippen molar-refractivity contribution in [1.82, 2.24) is 10.2 Å². The molecule has 0 aliphatic heterocycles. The first kappa shape index (κ1) is 22.0. The number of carbonyl (C=O) groups is 2. The highest BCUT2D eigenvalue weighted by Crippen LogP contribution is 2.18. The molecule has 2 aromatic rings. The smallest absolute Gasteiger partial charge is 0.261 e. The van der Waals surface area contributed by atoms with Crippen LogP contribution in [0, 0.1) is 3.57 Å². The summed E-state index contributed by atoms with van der Waals surface area (Å²) in [5.41, 5.74) is 0.879. The van der Waals surface area contributed by atoms with Crippen molar-refractivity contribution < 1.29 is 19.1 Å². The van der Waals surface area contributed by atoms with E-state index < -0.39 is 6.04 Å². The number of likely N-dealkylation sites (N-methyl/N-ethyl adjacent to an activating group) is 1. The highest BCUT2D eigenvalue weighted by molar-refractivity contribution is 14.1. The Morgan fingerprint density at radius 3 is 2.46 bits per heavy atom. The standard InChI is InChI=1S/C21H25IN2O4/c1-4-19(21(26)23-2)24(13-15-6-5-7-18(12-15)27-3)20(25)14-28-17-10-8-16(22)9-11-17/h5-12,19H,4,13-14H2,1-3H3,(H,23,26)/t19-/m1/s1. The maximum atomic E-state index is 13.0. The minimum Gasteiger partial charge on any atom is -0.497 e. The van der Waals surface area contributed by atoms with E-state index in [0.29, 0.717) is 17.9 Å². The number of amides is 2. The number of hydrogen-bond donors (Lipinski definition) is 1. The molecule has 1 N–H and O–H groups in total.